The van der Waals surface area contributed by atoms with Gasteiger partial charge in [0.2, 0.25) is 0 Å². The molecule has 1 N–H and O–H groups in total. The van der Waals surface area contributed by atoms with E-state index in [4.69, 9.17) is 0 Å². The molecule has 0 amide bonds. The quantitative estimate of drug-likeness (QED) is 0.865. The highest BCUT2D eigenvalue weighted by molar-refractivity contribution is 7.90. The number of hydrogen-bond donors (Lipinski definition) is 1. The van der Waals surface area contributed by atoms with Crippen molar-refractivity contribution in [2.24, 2.45) is 7.05 Å². The van der Waals surface area contributed by atoms with Crippen molar-refractivity contribution in [3.63, 3.8) is 0 Å². The standard InChI is InChI=1S/C14H20N4O2S/c1-11(15-9-8-14-16-10-18(2)17-14)12-4-6-13(7-5-12)21(3,19)20/h4-7,10-11,15H,8-9H2,1-3H3. The maximum Gasteiger partial charge on any atom is 0.175 e. The number of sulfone groups is 1. The summed E-state index contributed by atoms with van der Waals surface area (Å²) in [5, 5.41) is 7.59. The SMILES string of the molecule is CC(NCCc1ncn(C)n1)c1ccc(S(C)(=O)=O)cc1. The summed E-state index contributed by atoms with van der Waals surface area (Å²) >= 11 is 0. The van der Waals surface area contributed by atoms with Crippen molar-refractivity contribution in [3.8, 4) is 0 Å². The fraction of sp³-hybridized carbons (Fsp3) is 0.429. The molecule has 6 nitrogen and oxygen atoms in total. The molecule has 1 aromatic heterocycles. The molecule has 0 spiro atoms. The van der Waals surface area contributed by atoms with Crippen molar-refractivity contribution in [1.29, 1.82) is 0 Å². The summed E-state index contributed by atoms with van der Waals surface area (Å²) in [6.45, 7) is 2.81. The van der Waals surface area contributed by atoms with E-state index in [0.717, 1.165) is 24.4 Å². The highest BCUT2D eigenvalue weighted by Crippen LogP contribution is 2.16. The Balaban J connectivity index is 1.89. The van der Waals surface area contributed by atoms with Crippen molar-refractivity contribution < 1.29 is 8.42 Å². The molecular formula is C14H20N4O2S. The molecule has 0 saturated carbocycles. The molecule has 0 fully saturated rings. The van der Waals surface area contributed by atoms with Gasteiger partial charge in [-0.1, -0.05) is 12.1 Å². The van der Waals surface area contributed by atoms with Gasteiger partial charge < -0.3 is 5.32 Å². The van der Waals surface area contributed by atoms with E-state index in [1.54, 1.807) is 23.1 Å². The van der Waals surface area contributed by atoms with Gasteiger partial charge in [-0.2, -0.15) is 5.10 Å². The Morgan fingerprint density at radius 1 is 1.29 bits per heavy atom. The molecule has 21 heavy (non-hydrogen) atoms. The molecule has 0 bridgehead atoms. The summed E-state index contributed by atoms with van der Waals surface area (Å²) in [7, 11) is -1.29. The van der Waals surface area contributed by atoms with Crippen molar-refractivity contribution in [2.45, 2.75) is 24.3 Å². The number of nitrogens with zero attached hydrogens (tertiary/aromatic N) is 3. The summed E-state index contributed by atoms with van der Waals surface area (Å²) in [4.78, 5) is 4.51. The molecule has 0 radical (unpaired) electrons. The van der Waals surface area contributed by atoms with Crippen LogP contribution in [0.25, 0.3) is 0 Å². The highest BCUT2D eigenvalue weighted by Gasteiger charge is 2.09. The number of rotatable bonds is 6. The number of nitrogens with one attached hydrogen (secondary N) is 1. The van der Waals surface area contributed by atoms with E-state index in [9.17, 15) is 8.42 Å². The lowest BCUT2D eigenvalue weighted by Crippen LogP contribution is -2.21. The third-order valence-corrected chi connectivity index (χ3v) is 4.38. The molecule has 1 heterocycles. The second-order valence-corrected chi connectivity index (χ2v) is 7.12. The zero-order chi connectivity index (χ0) is 15.5. The predicted octanol–water partition coefficient (Wildman–Crippen LogP) is 1.11. The van der Waals surface area contributed by atoms with Crippen LogP contribution in [0.3, 0.4) is 0 Å². The monoisotopic (exact) mass is 308 g/mol. The Morgan fingerprint density at radius 3 is 2.48 bits per heavy atom. The van der Waals surface area contributed by atoms with E-state index in [0.29, 0.717) is 4.90 Å². The Bertz CT molecular complexity index is 692. The number of benzene rings is 1. The van der Waals surface area contributed by atoms with E-state index in [1.165, 1.54) is 6.26 Å². The molecule has 1 atom stereocenters. The Labute approximate surface area is 125 Å². The van der Waals surface area contributed by atoms with Crippen LogP contribution < -0.4 is 5.32 Å². The molecule has 114 valence electrons. The van der Waals surface area contributed by atoms with E-state index >= 15 is 0 Å². The topological polar surface area (TPSA) is 76.9 Å². The van der Waals surface area contributed by atoms with Crippen molar-refractivity contribution in [1.82, 2.24) is 20.1 Å². The van der Waals surface area contributed by atoms with Gasteiger partial charge >= 0.3 is 0 Å². The van der Waals surface area contributed by atoms with Crippen LogP contribution in [0.1, 0.15) is 24.4 Å². The second kappa shape index (κ2) is 6.36. The van der Waals surface area contributed by atoms with Gasteiger partial charge in [0.1, 0.15) is 6.33 Å². The molecule has 0 aliphatic carbocycles. The van der Waals surface area contributed by atoms with Crippen LogP contribution >= 0.6 is 0 Å². The predicted molar refractivity (Wildman–Crippen MR) is 80.7 cm³/mol. The van der Waals surface area contributed by atoms with Crippen LogP contribution in [0.5, 0.6) is 0 Å². The lowest BCUT2D eigenvalue weighted by molar-refractivity contribution is 0.568. The van der Waals surface area contributed by atoms with E-state index in [2.05, 4.69) is 15.4 Å². The molecule has 1 aromatic carbocycles. The fourth-order valence-corrected chi connectivity index (χ4v) is 2.65. The molecule has 2 aromatic rings. The first-order chi connectivity index (χ1) is 9.86. The number of aryl methyl sites for hydroxylation is 1. The fourth-order valence-electron chi connectivity index (χ4n) is 2.02. The van der Waals surface area contributed by atoms with Crippen LogP contribution in [-0.2, 0) is 23.3 Å². The molecular weight excluding hydrogens is 288 g/mol. The average Bonchev–Trinajstić information content (AvgIpc) is 2.83. The zero-order valence-electron chi connectivity index (χ0n) is 12.4. The third kappa shape index (κ3) is 4.37. The maximum absolute atomic E-state index is 11.4. The Morgan fingerprint density at radius 2 is 1.95 bits per heavy atom. The van der Waals surface area contributed by atoms with Gasteiger partial charge in [-0.15, -0.1) is 0 Å². The molecule has 0 aliphatic heterocycles. The third-order valence-electron chi connectivity index (χ3n) is 3.25. The van der Waals surface area contributed by atoms with Crippen LogP contribution in [-0.4, -0.2) is 36.0 Å². The highest BCUT2D eigenvalue weighted by atomic mass is 32.2. The summed E-state index contributed by atoms with van der Waals surface area (Å²) in [6, 6.07) is 7.11. The van der Waals surface area contributed by atoms with E-state index in [-0.39, 0.29) is 6.04 Å². The number of hydrogen-bond acceptors (Lipinski definition) is 5. The molecule has 7 heteroatoms. The second-order valence-electron chi connectivity index (χ2n) is 5.10. The minimum absolute atomic E-state index is 0.141. The van der Waals surface area contributed by atoms with Crippen LogP contribution in [0.4, 0.5) is 0 Å². The first kappa shape index (κ1) is 15.7. The van der Waals surface area contributed by atoms with Gasteiger partial charge in [0, 0.05) is 32.3 Å². The van der Waals surface area contributed by atoms with Crippen LogP contribution in [0.15, 0.2) is 35.5 Å². The smallest absolute Gasteiger partial charge is 0.175 e. The average molecular weight is 308 g/mol. The zero-order valence-corrected chi connectivity index (χ0v) is 13.3. The van der Waals surface area contributed by atoms with Gasteiger partial charge in [0.25, 0.3) is 0 Å². The normalized spacial score (nSPS) is 13.3. The molecule has 0 saturated heterocycles. The molecule has 1 unspecified atom stereocenters. The Kier molecular flexibility index (Phi) is 4.74. The molecule has 2 rings (SSSR count). The van der Waals surface area contributed by atoms with Crippen molar-refractivity contribution in [3.05, 3.63) is 42.0 Å². The summed E-state index contributed by atoms with van der Waals surface area (Å²) in [5.41, 5.74) is 1.05. The summed E-state index contributed by atoms with van der Waals surface area (Å²) in [6.07, 6.45) is 3.65. The van der Waals surface area contributed by atoms with E-state index in [1.807, 2.05) is 26.1 Å². The maximum atomic E-state index is 11.4. The van der Waals surface area contributed by atoms with Gasteiger partial charge in [0.15, 0.2) is 15.7 Å². The largest absolute Gasteiger partial charge is 0.310 e. The van der Waals surface area contributed by atoms with Gasteiger partial charge in [-0.3, -0.25) is 4.68 Å². The van der Waals surface area contributed by atoms with Crippen molar-refractivity contribution in [2.75, 3.05) is 12.8 Å². The lowest BCUT2D eigenvalue weighted by Gasteiger charge is -2.14. The van der Waals surface area contributed by atoms with Crippen molar-refractivity contribution >= 4 is 9.84 Å². The molecule has 0 aliphatic rings. The first-order valence-electron chi connectivity index (χ1n) is 6.74. The van der Waals surface area contributed by atoms with Gasteiger partial charge in [-0.25, -0.2) is 13.4 Å². The minimum atomic E-state index is -3.14. The van der Waals surface area contributed by atoms with Crippen LogP contribution in [0.2, 0.25) is 0 Å². The van der Waals surface area contributed by atoms with Gasteiger partial charge in [-0.05, 0) is 24.6 Å². The minimum Gasteiger partial charge on any atom is -0.310 e. The first-order valence-corrected chi connectivity index (χ1v) is 8.63. The lowest BCUT2D eigenvalue weighted by atomic mass is 10.1. The Hall–Kier alpha value is -1.73. The summed E-state index contributed by atoms with van der Waals surface area (Å²) in [5.74, 6) is 0.810. The van der Waals surface area contributed by atoms with Gasteiger partial charge in [0.05, 0.1) is 4.90 Å². The van der Waals surface area contributed by atoms with E-state index < -0.39 is 9.84 Å². The number of aromatic nitrogens is 3. The summed E-state index contributed by atoms with van der Waals surface area (Å²) < 4.78 is 24.5. The van der Waals surface area contributed by atoms with Crippen LogP contribution in [0, 0.1) is 0 Å².